The lowest BCUT2D eigenvalue weighted by Crippen LogP contribution is -2.28. The molecule has 1 aromatic heterocycles. The summed E-state index contributed by atoms with van der Waals surface area (Å²) < 4.78 is 38.4. The van der Waals surface area contributed by atoms with Crippen molar-refractivity contribution < 1.29 is 17.6 Å². The van der Waals surface area contributed by atoms with Gasteiger partial charge in [0, 0.05) is 0 Å². The van der Waals surface area contributed by atoms with E-state index in [-0.39, 0.29) is 11.7 Å². The Morgan fingerprint density at radius 3 is 2.89 bits per heavy atom. The second-order valence-electron chi connectivity index (χ2n) is 3.92. The number of aliphatic imine (C=N–C) groups is 1. The zero-order valence-electron chi connectivity index (χ0n) is 10.5. The molecule has 19 heavy (non-hydrogen) atoms. The lowest BCUT2D eigenvalue weighted by molar-refractivity contribution is 0.412. The Bertz CT molecular complexity index is 643. The van der Waals surface area contributed by atoms with Gasteiger partial charge in [0.2, 0.25) is 5.84 Å². The van der Waals surface area contributed by atoms with Crippen molar-refractivity contribution in [2.45, 2.75) is 13.0 Å². The number of hydrogen-bond donors (Lipinski definition) is 1. The van der Waals surface area contributed by atoms with Crippen molar-refractivity contribution in [1.82, 2.24) is 4.72 Å². The Labute approximate surface area is 110 Å². The number of nitrogens with zero attached hydrogens (tertiary/aromatic N) is 2. The van der Waals surface area contributed by atoms with Gasteiger partial charge in [-0.2, -0.15) is 8.42 Å². The minimum absolute atomic E-state index is 0.0342. The maximum atomic E-state index is 11.3. The quantitative estimate of drug-likeness (QED) is 0.843. The predicted octanol–water partition coefficient (Wildman–Crippen LogP) is 1.19. The van der Waals surface area contributed by atoms with Crippen LogP contribution in [-0.2, 0) is 14.9 Å². The number of methoxy groups -OCH3 is 1. The van der Waals surface area contributed by atoms with Crippen LogP contribution in [0, 0.1) is 0 Å². The van der Waals surface area contributed by atoms with Crippen LogP contribution in [0.1, 0.15) is 18.7 Å². The molecule has 0 fully saturated rings. The van der Waals surface area contributed by atoms with Gasteiger partial charge in [0.25, 0.3) is 5.90 Å². The molecular weight excluding hydrogens is 270 g/mol. The van der Waals surface area contributed by atoms with Crippen molar-refractivity contribution in [1.29, 1.82) is 0 Å². The van der Waals surface area contributed by atoms with Gasteiger partial charge in [-0.15, -0.1) is 4.40 Å². The molecule has 8 heteroatoms. The first-order chi connectivity index (χ1) is 8.93. The van der Waals surface area contributed by atoms with E-state index in [1.807, 2.05) is 0 Å². The van der Waals surface area contributed by atoms with Crippen molar-refractivity contribution in [3.63, 3.8) is 0 Å². The Morgan fingerprint density at radius 1 is 1.63 bits per heavy atom. The summed E-state index contributed by atoms with van der Waals surface area (Å²) in [6, 6.07) is 2.94. The molecule has 0 aromatic carbocycles. The summed E-state index contributed by atoms with van der Waals surface area (Å²) in [5, 5.41) is 0. The molecule has 0 unspecified atom stereocenters. The monoisotopic (exact) mass is 283 g/mol. The van der Waals surface area contributed by atoms with Crippen LogP contribution in [0.2, 0.25) is 0 Å². The molecule has 0 amide bonds. The minimum Gasteiger partial charge on any atom is -0.478 e. The third kappa shape index (κ3) is 2.84. The zero-order chi connectivity index (χ0) is 14.0. The van der Waals surface area contributed by atoms with Crippen LogP contribution in [0.4, 0.5) is 0 Å². The van der Waals surface area contributed by atoms with Crippen molar-refractivity contribution in [2.75, 3.05) is 7.11 Å². The highest BCUT2D eigenvalue weighted by Gasteiger charge is 2.29. The molecule has 7 nitrogen and oxygen atoms in total. The molecule has 0 saturated carbocycles. The third-order valence-corrected chi connectivity index (χ3v) is 3.22. The lowest BCUT2D eigenvalue weighted by Gasteiger charge is -2.10. The minimum atomic E-state index is -3.77. The fraction of sp³-hybridized carbons (Fsp3) is 0.273. The number of ether oxygens (including phenoxy) is 1. The standard InChI is InChI=1S/C11H13N3O4S/c1-7(2)9(8-5-4-6-18-8)12-10-11(17-3)14-19(15,16)13-10/h4-6,9H,1H2,2-3H3,(H,12,13)/t9-/m1/s1. The summed E-state index contributed by atoms with van der Waals surface area (Å²) in [5.41, 5.74) is 0.698. The molecule has 0 radical (unpaired) electrons. The zero-order valence-corrected chi connectivity index (χ0v) is 11.3. The van der Waals surface area contributed by atoms with Crippen molar-refractivity contribution in [3.05, 3.63) is 36.3 Å². The Kier molecular flexibility index (Phi) is 3.43. The number of nitrogens with one attached hydrogen (secondary N) is 1. The summed E-state index contributed by atoms with van der Waals surface area (Å²) in [7, 11) is -2.46. The second kappa shape index (κ2) is 4.88. The van der Waals surface area contributed by atoms with Crippen LogP contribution >= 0.6 is 0 Å². The van der Waals surface area contributed by atoms with Gasteiger partial charge in [-0.1, -0.05) is 6.58 Å². The molecule has 0 aliphatic carbocycles. The molecule has 0 saturated heterocycles. The van der Waals surface area contributed by atoms with E-state index >= 15 is 0 Å². The van der Waals surface area contributed by atoms with E-state index in [1.165, 1.54) is 13.4 Å². The average Bonchev–Trinajstić information content (AvgIpc) is 2.92. The smallest absolute Gasteiger partial charge is 0.347 e. The number of rotatable bonds is 3. The molecule has 1 N–H and O–H groups in total. The van der Waals surface area contributed by atoms with Gasteiger partial charge >= 0.3 is 10.2 Å². The maximum absolute atomic E-state index is 11.3. The largest absolute Gasteiger partial charge is 0.478 e. The Morgan fingerprint density at radius 2 is 2.37 bits per heavy atom. The van der Waals surface area contributed by atoms with Gasteiger partial charge in [-0.3, -0.25) is 0 Å². The van der Waals surface area contributed by atoms with Gasteiger partial charge in [0.1, 0.15) is 11.8 Å². The number of furan rings is 1. The first-order valence-electron chi connectivity index (χ1n) is 5.36. The molecule has 1 aromatic rings. The van der Waals surface area contributed by atoms with E-state index in [0.717, 1.165) is 0 Å². The summed E-state index contributed by atoms with van der Waals surface area (Å²) in [5.74, 6) is 0.506. The highest BCUT2D eigenvalue weighted by atomic mass is 32.2. The predicted molar refractivity (Wildman–Crippen MR) is 70.2 cm³/mol. The average molecular weight is 283 g/mol. The van der Waals surface area contributed by atoms with Gasteiger partial charge in [-0.05, 0) is 24.6 Å². The number of hydrogen-bond acceptors (Lipinski definition) is 5. The van der Waals surface area contributed by atoms with Crippen molar-refractivity contribution in [3.8, 4) is 0 Å². The molecule has 2 heterocycles. The van der Waals surface area contributed by atoms with E-state index in [9.17, 15) is 8.42 Å². The maximum Gasteiger partial charge on any atom is 0.347 e. The third-order valence-electron chi connectivity index (χ3n) is 2.36. The molecule has 102 valence electrons. The molecule has 0 spiro atoms. The molecule has 1 aliphatic heterocycles. The van der Waals surface area contributed by atoms with Gasteiger partial charge in [0.15, 0.2) is 0 Å². The van der Waals surface area contributed by atoms with E-state index in [4.69, 9.17) is 9.15 Å². The normalized spacial score (nSPS) is 20.7. The van der Waals surface area contributed by atoms with E-state index in [2.05, 4.69) is 20.7 Å². The molecule has 0 bridgehead atoms. The van der Waals surface area contributed by atoms with E-state index < -0.39 is 16.3 Å². The van der Waals surface area contributed by atoms with Crippen molar-refractivity contribution in [2.24, 2.45) is 9.39 Å². The van der Waals surface area contributed by atoms with E-state index in [1.54, 1.807) is 19.1 Å². The first kappa shape index (κ1) is 13.3. The first-order valence-corrected chi connectivity index (χ1v) is 6.80. The second-order valence-corrected chi connectivity index (χ2v) is 5.26. The lowest BCUT2D eigenvalue weighted by atomic mass is 10.1. The Balaban J connectivity index is 2.39. The SMILES string of the molecule is C=C(C)[C@@H](N=C1NS(=O)(=O)N=C1OC)c1ccco1. The van der Waals surface area contributed by atoms with Crippen LogP contribution in [-0.4, -0.2) is 27.3 Å². The number of amidine groups is 1. The Hall–Kier alpha value is -2.09. The summed E-state index contributed by atoms with van der Waals surface area (Å²) in [6.45, 7) is 5.58. The highest BCUT2D eigenvalue weighted by Crippen LogP contribution is 2.25. The molecular formula is C11H13N3O4S. The van der Waals surface area contributed by atoms with Gasteiger partial charge in [-0.25, -0.2) is 9.71 Å². The van der Waals surface area contributed by atoms with Crippen LogP contribution in [0.5, 0.6) is 0 Å². The van der Waals surface area contributed by atoms with Crippen LogP contribution in [0.25, 0.3) is 0 Å². The van der Waals surface area contributed by atoms with Crippen molar-refractivity contribution >= 4 is 21.9 Å². The summed E-state index contributed by atoms with van der Waals surface area (Å²) >= 11 is 0. The van der Waals surface area contributed by atoms with Crippen LogP contribution < -0.4 is 4.72 Å². The van der Waals surface area contributed by atoms with E-state index in [0.29, 0.717) is 11.3 Å². The molecule has 1 atom stereocenters. The van der Waals surface area contributed by atoms with Gasteiger partial charge < -0.3 is 9.15 Å². The fourth-order valence-electron chi connectivity index (χ4n) is 1.55. The van der Waals surface area contributed by atoms with Crippen LogP contribution in [0.15, 0.2) is 44.4 Å². The summed E-state index contributed by atoms with van der Waals surface area (Å²) in [6.07, 6.45) is 1.51. The summed E-state index contributed by atoms with van der Waals surface area (Å²) in [4.78, 5) is 4.24. The van der Waals surface area contributed by atoms with Gasteiger partial charge in [0.05, 0.1) is 13.4 Å². The topological polar surface area (TPSA) is 93.3 Å². The fourth-order valence-corrected chi connectivity index (χ4v) is 2.36. The molecule has 1 aliphatic rings. The van der Waals surface area contributed by atoms with Crippen LogP contribution in [0.3, 0.4) is 0 Å². The molecule has 2 rings (SSSR count). The highest BCUT2D eigenvalue weighted by molar-refractivity contribution is 7.89.